The van der Waals surface area contributed by atoms with Gasteiger partial charge < -0.3 is 9.80 Å². The van der Waals surface area contributed by atoms with Gasteiger partial charge in [0.1, 0.15) is 0 Å². The zero-order chi connectivity index (χ0) is 16.2. The van der Waals surface area contributed by atoms with Crippen LogP contribution in [0.2, 0.25) is 0 Å². The number of hydrogen-bond donors (Lipinski definition) is 0. The zero-order valence-electron chi connectivity index (χ0n) is 13.1. The Hall–Kier alpha value is -2.17. The predicted molar refractivity (Wildman–Crippen MR) is 86.0 cm³/mol. The second-order valence-electron chi connectivity index (χ2n) is 6.23. The van der Waals surface area contributed by atoms with Gasteiger partial charge in [-0.2, -0.15) is 0 Å². The highest BCUT2D eigenvalue weighted by Gasteiger charge is 2.30. The Labute approximate surface area is 135 Å². The molecule has 0 bridgehead atoms. The molecule has 1 aliphatic carbocycles. The average molecular weight is 316 g/mol. The van der Waals surface area contributed by atoms with Crippen LogP contribution in [0.4, 0.5) is 4.39 Å². The number of rotatable bonds is 4. The van der Waals surface area contributed by atoms with Gasteiger partial charge >= 0.3 is 0 Å². The molecule has 2 fully saturated rings. The minimum Gasteiger partial charge on any atom is -0.341 e. The summed E-state index contributed by atoms with van der Waals surface area (Å²) in [6, 6.07) is 8.92. The molecule has 0 spiro atoms. The van der Waals surface area contributed by atoms with Crippen LogP contribution in [-0.2, 0) is 9.59 Å². The smallest absolute Gasteiger partial charge is 0.282 e. The van der Waals surface area contributed by atoms with E-state index in [1.165, 1.54) is 23.8 Å². The van der Waals surface area contributed by atoms with Crippen molar-refractivity contribution in [1.82, 2.24) is 9.80 Å². The average Bonchev–Trinajstić information content (AvgIpc) is 3.38. The van der Waals surface area contributed by atoms with Gasteiger partial charge in [0.15, 0.2) is 5.83 Å². The summed E-state index contributed by atoms with van der Waals surface area (Å²) in [7, 11) is 0. The van der Waals surface area contributed by atoms with Crippen LogP contribution in [0, 0.1) is 5.92 Å². The Bertz CT molecular complexity index is 611. The SMILES string of the molecule is O=C1CCN(C(=O)/C(F)=C/c2ccccc2)CCN1CC1CC1. The monoisotopic (exact) mass is 316 g/mol. The Morgan fingerprint density at radius 1 is 1.17 bits per heavy atom. The van der Waals surface area contributed by atoms with Gasteiger partial charge in [-0.05, 0) is 30.4 Å². The van der Waals surface area contributed by atoms with E-state index in [1.54, 1.807) is 24.3 Å². The van der Waals surface area contributed by atoms with Crippen molar-refractivity contribution in [3.63, 3.8) is 0 Å². The maximum Gasteiger partial charge on any atom is 0.282 e. The third kappa shape index (κ3) is 4.18. The van der Waals surface area contributed by atoms with E-state index < -0.39 is 11.7 Å². The van der Waals surface area contributed by atoms with Gasteiger partial charge in [0, 0.05) is 32.6 Å². The molecule has 0 N–H and O–H groups in total. The first-order valence-corrected chi connectivity index (χ1v) is 8.13. The van der Waals surface area contributed by atoms with Crippen molar-refractivity contribution in [1.29, 1.82) is 0 Å². The zero-order valence-corrected chi connectivity index (χ0v) is 13.1. The lowest BCUT2D eigenvalue weighted by molar-refractivity contribution is -0.130. The van der Waals surface area contributed by atoms with Gasteiger partial charge in [0.25, 0.3) is 5.91 Å². The normalized spacial score (nSPS) is 19.7. The number of carbonyl (C=O) groups excluding carboxylic acids is 2. The first kappa shape index (κ1) is 15.7. The fourth-order valence-corrected chi connectivity index (χ4v) is 2.78. The van der Waals surface area contributed by atoms with Crippen molar-refractivity contribution in [2.75, 3.05) is 26.2 Å². The Balaban J connectivity index is 1.63. The van der Waals surface area contributed by atoms with Gasteiger partial charge in [0.2, 0.25) is 5.91 Å². The third-order valence-corrected chi connectivity index (χ3v) is 4.35. The molecule has 5 heteroatoms. The Kier molecular flexibility index (Phi) is 4.74. The van der Waals surface area contributed by atoms with E-state index in [2.05, 4.69) is 0 Å². The van der Waals surface area contributed by atoms with Crippen LogP contribution in [0.3, 0.4) is 0 Å². The van der Waals surface area contributed by atoms with Crippen molar-refractivity contribution in [3.8, 4) is 0 Å². The van der Waals surface area contributed by atoms with Crippen molar-refractivity contribution in [3.05, 3.63) is 41.7 Å². The van der Waals surface area contributed by atoms with Crippen molar-refractivity contribution < 1.29 is 14.0 Å². The van der Waals surface area contributed by atoms with Crippen LogP contribution in [0.5, 0.6) is 0 Å². The summed E-state index contributed by atoms with van der Waals surface area (Å²) in [5, 5.41) is 0. The molecule has 1 saturated heterocycles. The highest BCUT2D eigenvalue weighted by Crippen LogP contribution is 2.30. The fourth-order valence-electron chi connectivity index (χ4n) is 2.78. The predicted octanol–water partition coefficient (Wildman–Crippen LogP) is 2.47. The van der Waals surface area contributed by atoms with Gasteiger partial charge in [-0.15, -0.1) is 0 Å². The standard InChI is InChI=1S/C18H21FN2O2/c19-16(12-14-4-2-1-3-5-14)18(23)20-9-8-17(22)21(11-10-20)13-15-6-7-15/h1-5,12,15H,6-11,13H2/b16-12-. The summed E-state index contributed by atoms with van der Waals surface area (Å²) in [6.45, 7) is 1.96. The second kappa shape index (κ2) is 6.94. The lowest BCUT2D eigenvalue weighted by atomic mass is 10.2. The van der Waals surface area contributed by atoms with Crippen molar-refractivity contribution in [2.45, 2.75) is 19.3 Å². The van der Waals surface area contributed by atoms with Gasteiger partial charge in [0.05, 0.1) is 0 Å². The Morgan fingerprint density at radius 2 is 1.91 bits per heavy atom. The molecule has 1 aromatic carbocycles. The topological polar surface area (TPSA) is 40.6 Å². The molecule has 122 valence electrons. The first-order chi connectivity index (χ1) is 11.1. The van der Waals surface area contributed by atoms with Gasteiger partial charge in [-0.3, -0.25) is 9.59 Å². The van der Waals surface area contributed by atoms with Crippen LogP contribution < -0.4 is 0 Å². The molecular formula is C18H21FN2O2. The first-order valence-electron chi connectivity index (χ1n) is 8.13. The maximum atomic E-state index is 14.2. The Morgan fingerprint density at radius 3 is 2.61 bits per heavy atom. The molecule has 0 radical (unpaired) electrons. The van der Waals surface area contributed by atoms with E-state index in [0.717, 1.165) is 6.54 Å². The van der Waals surface area contributed by atoms with Crippen LogP contribution in [0.25, 0.3) is 6.08 Å². The number of carbonyl (C=O) groups is 2. The summed E-state index contributed by atoms with van der Waals surface area (Å²) < 4.78 is 14.2. The molecule has 23 heavy (non-hydrogen) atoms. The lowest BCUT2D eigenvalue weighted by Crippen LogP contribution is -2.36. The number of amides is 2. The fraction of sp³-hybridized carbons (Fsp3) is 0.444. The van der Waals surface area contributed by atoms with E-state index in [0.29, 0.717) is 24.6 Å². The molecular weight excluding hydrogens is 295 g/mol. The quantitative estimate of drug-likeness (QED) is 0.801. The van der Waals surface area contributed by atoms with Crippen LogP contribution in [-0.4, -0.2) is 47.8 Å². The van der Waals surface area contributed by atoms with E-state index in [-0.39, 0.29) is 18.9 Å². The third-order valence-electron chi connectivity index (χ3n) is 4.35. The van der Waals surface area contributed by atoms with E-state index in [1.807, 2.05) is 11.0 Å². The largest absolute Gasteiger partial charge is 0.341 e. The van der Waals surface area contributed by atoms with Gasteiger partial charge in [-0.1, -0.05) is 30.3 Å². The van der Waals surface area contributed by atoms with E-state index in [4.69, 9.17) is 0 Å². The van der Waals surface area contributed by atoms with E-state index in [9.17, 15) is 14.0 Å². The highest BCUT2D eigenvalue weighted by atomic mass is 19.1. The summed E-state index contributed by atoms with van der Waals surface area (Å²) in [5.74, 6) is -0.718. The lowest BCUT2D eigenvalue weighted by Gasteiger charge is -2.21. The summed E-state index contributed by atoms with van der Waals surface area (Å²) in [4.78, 5) is 27.6. The maximum absolute atomic E-state index is 14.2. The van der Waals surface area contributed by atoms with Crippen LogP contribution >= 0.6 is 0 Å². The molecule has 2 amide bonds. The number of halogens is 1. The molecule has 1 aliphatic heterocycles. The molecule has 1 aromatic rings. The molecule has 2 aliphatic rings. The number of nitrogens with zero attached hydrogens (tertiary/aromatic N) is 2. The molecule has 3 rings (SSSR count). The second-order valence-corrected chi connectivity index (χ2v) is 6.23. The van der Waals surface area contributed by atoms with Gasteiger partial charge in [-0.25, -0.2) is 4.39 Å². The number of hydrogen-bond acceptors (Lipinski definition) is 2. The van der Waals surface area contributed by atoms with Crippen molar-refractivity contribution >= 4 is 17.9 Å². The molecule has 1 saturated carbocycles. The molecule has 0 unspecified atom stereocenters. The molecule has 1 heterocycles. The summed E-state index contributed by atoms with van der Waals surface area (Å²) in [5.41, 5.74) is 0.652. The highest BCUT2D eigenvalue weighted by molar-refractivity contribution is 5.96. The van der Waals surface area contributed by atoms with Crippen LogP contribution in [0.15, 0.2) is 36.2 Å². The molecule has 0 aromatic heterocycles. The van der Waals surface area contributed by atoms with Crippen molar-refractivity contribution in [2.24, 2.45) is 5.92 Å². The van der Waals surface area contributed by atoms with E-state index >= 15 is 0 Å². The molecule has 4 nitrogen and oxygen atoms in total. The molecule has 0 atom stereocenters. The summed E-state index contributed by atoms with van der Waals surface area (Å²) >= 11 is 0. The summed E-state index contributed by atoms with van der Waals surface area (Å²) in [6.07, 6.45) is 3.88. The van der Waals surface area contributed by atoms with Crippen LogP contribution in [0.1, 0.15) is 24.8 Å². The minimum absolute atomic E-state index is 0.0691. The minimum atomic E-state index is -0.778. The number of benzene rings is 1.